The Morgan fingerprint density at radius 3 is 2.54 bits per heavy atom. The van der Waals surface area contributed by atoms with E-state index < -0.39 is 5.97 Å². The second-order valence-electron chi connectivity index (χ2n) is 8.15. The van der Waals surface area contributed by atoms with E-state index in [-0.39, 0.29) is 11.6 Å². The summed E-state index contributed by atoms with van der Waals surface area (Å²) < 4.78 is 17.8. The molecule has 0 fully saturated rings. The summed E-state index contributed by atoms with van der Waals surface area (Å²) in [6.45, 7) is 2.46. The van der Waals surface area contributed by atoms with Crippen molar-refractivity contribution in [2.45, 2.75) is 13.5 Å². The van der Waals surface area contributed by atoms with Gasteiger partial charge >= 0.3 is 5.97 Å². The van der Waals surface area contributed by atoms with E-state index in [1.807, 2.05) is 85.8 Å². The average molecular weight is 528 g/mol. The van der Waals surface area contributed by atoms with Gasteiger partial charge in [-0.1, -0.05) is 54.6 Å². The van der Waals surface area contributed by atoms with Gasteiger partial charge in [-0.15, -0.1) is 0 Å². The first-order valence-electron chi connectivity index (χ1n) is 11.1. The first kappa shape index (κ1) is 22.9. The smallest absolute Gasteiger partial charge is 0.363 e. The fraction of sp³-hybridized carbons (Fsp3) is 0.103. The van der Waals surface area contributed by atoms with Gasteiger partial charge in [-0.2, -0.15) is 0 Å². The number of halogens is 1. The molecule has 0 aromatic heterocycles. The molecule has 0 amide bonds. The van der Waals surface area contributed by atoms with Crippen molar-refractivity contribution in [2.75, 3.05) is 7.11 Å². The molecule has 35 heavy (non-hydrogen) atoms. The van der Waals surface area contributed by atoms with E-state index in [0.29, 0.717) is 22.6 Å². The van der Waals surface area contributed by atoms with E-state index in [0.717, 1.165) is 33.0 Å². The van der Waals surface area contributed by atoms with Gasteiger partial charge in [0.2, 0.25) is 5.90 Å². The molecule has 1 aliphatic rings. The number of ether oxygens (including phenoxy) is 3. The number of nitrogens with zero attached hydrogens (tertiary/aromatic N) is 1. The number of benzene rings is 4. The molecule has 0 bridgehead atoms. The first-order chi connectivity index (χ1) is 17.0. The van der Waals surface area contributed by atoms with Crippen molar-refractivity contribution < 1.29 is 19.0 Å². The summed E-state index contributed by atoms with van der Waals surface area (Å²) in [4.78, 5) is 17.0. The van der Waals surface area contributed by atoms with Crippen molar-refractivity contribution in [1.82, 2.24) is 0 Å². The highest BCUT2D eigenvalue weighted by Gasteiger charge is 2.25. The number of carbonyl (C=O) groups is 1. The molecule has 5 rings (SSSR count). The topological polar surface area (TPSA) is 57.1 Å². The molecule has 4 aromatic rings. The van der Waals surface area contributed by atoms with Crippen LogP contribution in [0.25, 0.3) is 16.8 Å². The van der Waals surface area contributed by atoms with Crippen molar-refractivity contribution in [3.63, 3.8) is 0 Å². The lowest BCUT2D eigenvalue weighted by Gasteiger charge is -2.14. The monoisotopic (exact) mass is 527 g/mol. The molecular weight excluding hydrogens is 506 g/mol. The highest BCUT2D eigenvalue weighted by atomic mass is 79.9. The van der Waals surface area contributed by atoms with Crippen molar-refractivity contribution in [1.29, 1.82) is 0 Å². The van der Waals surface area contributed by atoms with E-state index in [2.05, 4.69) is 20.9 Å². The van der Waals surface area contributed by atoms with Crippen LogP contribution in [0.15, 0.2) is 94.0 Å². The van der Waals surface area contributed by atoms with Gasteiger partial charge in [-0.05, 0) is 80.7 Å². The number of methoxy groups -OCH3 is 1. The summed E-state index contributed by atoms with van der Waals surface area (Å²) in [5.74, 6) is 0.927. The lowest BCUT2D eigenvalue weighted by atomic mass is 10.1. The van der Waals surface area contributed by atoms with Gasteiger partial charge in [-0.3, -0.25) is 0 Å². The normalized spacial score (nSPS) is 14.2. The SMILES string of the molecule is COc1cc(/C=C2\N=C(c3ccc4ccccc4c3)OC2=O)cc(Br)c1OCc1ccccc1C. The van der Waals surface area contributed by atoms with E-state index in [9.17, 15) is 4.79 Å². The zero-order valence-electron chi connectivity index (χ0n) is 19.2. The third-order valence-electron chi connectivity index (χ3n) is 5.81. The van der Waals surface area contributed by atoms with Crippen LogP contribution in [-0.2, 0) is 16.1 Å². The lowest BCUT2D eigenvalue weighted by Crippen LogP contribution is -2.05. The average Bonchev–Trinajstić information content (AvgIpc) is 3.23. The summed E-state index contributed by atoms with van der Waals surface area (Å²) in [6, 6.07) is 25.6. The fourth-order valence-corrected chi connectivity index (χ4v) is 4.47. The quantitative estimate of drug-likeness (QED) is 0.203. The Balaban J connectivity index is 1.42. The molecule has 0 radical (unpaired) electrons. The molecule has 6 heteroatoms. The Kier molecular flexibility index (Phi) is 6.38. The Morgan fingerprint density at radius 2 is 1.74 bits per heavy atom. The van der Waals surface area contributed by atoms with Crippen LogP contribution in [0.1, 0.15) is 22.3 Å². The maximum atomic E-state index is 12.6. The third kappa shape index (κ3) is 4.84. The molecule has 0 saturated heterocycles. The molecule has 0 atom stereocenters. The zero-order chi connectivity index (χ0) is 24.4. The number of rotatable bonds is 6. The third-order valence-corrected chi connectivity index (χ3v) is 6.39. The van der Waals surface area contributed by atoms with E-state index in [4.69, 9.17) is 14.2 Å². The molecule has 0 unspecified atom stereocenters. The predicted octanol–water partition coefficient (Wildman–Crippen LogP) is 6.84. The molecule has 0 N–H and O–H groups in total. The number of esters is 1. The minimum Gasteiger partial charge on any atom is -0.493 e. The summed E-state index contributed by atoms with van der Waals surface area (Å²) in [5.41, 5.74) is 3.95. The number of aryl methyl sites for hydroxylation is 1. The van der Waals surface area contributed by atoms with Gasteiger partial charge in [-0.25, -0.2) is 9.79 Å². The van der Waals surface area contributed by atoms with Crippen molar-refractivity contribution >= 4 is 44.6 Å². The number of hydrogen-bond acceptors (Lipinski definition) is 5. The summed E-state index contributed by atoms with van der Waals surface area (Å²) >= 11 is 3.58. The number of carbonyl (C=O) groups excluding carboxylic acids is 1. The lowest BCUT2D eigenvalue weighted by molar-refractivity contribution is -0.129. The van der Waals surface area contributed by atoms with Gasteiger partial charge in [0.15, 0.2) is 17.2 Å². The zero-order valence-corrected chi connectivity index (χ0v) is 20.8. The summed E-state index contributed by atoms with van der Waals surface area (Å²) in [7, 11) is 1.58. The Hall–Kier alpha value is -3.90. The van der Waals surface area contributed by atoms with Gasteiger partial charge < -0.3 is 14.2 Å². The van der Waals surface area contributed by atoms with Gasteiger partial charge in [0.05, 0.1) is 11.6 Å². The van der Waals surface area contributed by atoms with Crippen molar-refractivity contribution in [2.24, 2.45) is 4.99 Å². The van der Waals surface area contributed by atoms with E-state index >= 15 is 0 Å². The first-order valence-corrected chi connectivity index (χ1v) is 11.9. The summed E-state index contributed by atoms with van der Waals surface area (Å²) in [6.07, 6.45) is 1.68. The van der Waals surface area contributed by atoms with Gasteiger partial charge in [0, 0.05) is 5.56 Å². The Morgan fingerprint density at radius 1 is 0.971 bits per heavy atom. The maximum absolute atomic E-state index is 12.6. The maximum Gasteiger partial charge on any atom is 0.363 e. The number of aliphatic imine (C=N–C) groups is 1. The van der Waals surface area contributed by atoms with Crippen LogP contribution in [0.4, 0.5) is 0 Å². The molecule has 5 nitrogen and oxygen atoms in total. The Bertz CT molecular complexity index is 1510. The van der Waals surface area contributed by atoms with E-state index in [1.165, 1.54) is 0 Å². The minimum atomic E-state index is -0.497. The molecule has 174 valence electrons. The molecule has 0 spiro atoms. The predicted molar refractivity (Wildman–Crippen MR) is 141 cm³/mol. The largest absolute Gasteiger partial charge is 0.493 e. The number of hydrogen-bond donors (Lipinski definition) is 0. The van der Waals surface area contributed by atoms with Crippen LogP contribution in [0.2, 0.25) is 0 Å². The fourth-order valence-electron chi connectivity index (χ4n) is 3.90. The highest BCUT2D eigenvalue weighted by molar-refractivity contribution is 9.10. The summed E-state index contributed by atoms with van der Waals surface area (Å²) in [5, 5.41) is 2.16. The Labute approximate surface area is 211 Å². The van der Waals surface area contributed by atoms with Gasteiger partial charge in [0.1, 0.15) is 6.61 Å². The molecule has 4 aromatic carbocycles. The van der Waals surface area contributed by atoms with Crippen molar-refractivity contribution in [3.05, 3.63) is 111 Å². The molecule has 1 aliphatic heterocycles. The molecular formula is C29H22BrNO4. The van der Waals surface area contributed by atoms with Crippen LogP contribution in [0.3, 0.4) is 0 Å². The van der Waals surface area contributed by atoms with Crippen LogP contribution in [0.5, 0.6) is 11.5 Å². The highest BCUT2D eigenvalue weighted by Crippen LogP contribution is 2.38. The van der Waals surface area contributed by atoms with Crippen molar-refractivity contribution in [3.8, 4) is 11.5 Å². The molecule has 0 saturated carbocycles. The second-order valence-corrected chi connectivity index (χ2v) is 9.00. The van der Waals surface area contributed by atoms with Crippen LogP contribution >= 0.6 is 15.9 Å². The minimum absolute atomic E-state index is 0.218. The van der Waals surface area contributed by atoms with Gasteiger partial charge in [0.25, 0.3) is 0 Å². The van der Waals surface area contributed by atoms with Crippen LogP contribution < -0.4 is 9.47 Å². The standard InChI is InChI=1S/C29H22BrNO4/c1-18-7-3-4-10-23(18)17-34-27-24(30)13-19(15-26(27)33-2)14-25-29(32)35-28(31-25)22-12-11-20-8-5-6-9-21(20)16-22/h3-16H,17H2,1-2H3/b25-14-. The molecule has 1 heterocycles. The number of cyclic esters (lactones) is 1. The van der Waals surface area contributed by atoms with Crippen LogP contribution in [0, 0.1) is 6.92 Å². The second kappa shape index (κ2) is 9.76. The molecule has 0 aliphatic carbocycles. The van der Waals surface area contributed by atoms with E-state index in [1.54, 1.807) is 13.2 Å². The van der Waals surface area contributed by atoms with Crippen LogP contribution in [-0.4, -0.2) is 19.0 Å². The number of fused-ring (bicyclic) bond motifs is 1.